The van der Waals surface area contributed by atoms with Gasteiger partial charge in [0.15, 0.2) is 6.61 Å². The number of carbonyl (C=O) groups excluding carboxylic acids is 2. The van der Waals surface area contributed by atoms with Gasteiger partial charge in [-0.15, -0.1) is 0 Å². The number of hydrogen-bond acceptors (Lipinski definition) is 5. The molecule has 1 saturated heterocycles. The van der Waals surface area contributed by atoms with Gasteiger partial charge in [-0.1, -0.05) is 6.92 Å². The first-order valence-corrected chi connectivity index (χ1v) is 8.19. The molecule has 1 fully saturated rings. The molecule has 3 N–H and O–H groups in total. The third kappa shape index (κ3) is 3.17. The van der Waals surface area contributed by atoms with Crippen LogP contribution < -0.4 is 15.4 Å². The third-order valence-electron chi connectivity index (χ3n) is 4.65. The standard InChI is InChI=1S/C17H23N3O4/c1-9(2)20-6-10(3)12(7-20)18-17(23)11-4-13(21)16-14(5-11)24-8-15(22)19-16/h4-5,9-10,12,21H,6-8H2,1-3H3,(H,18,23)(H,19,22). The van der Waals surface area contributed by atoms with Crippen LogP contribution in [0.4, 0.5) is 5.69 Å². The Labute approximate surface area is 141 Å². The number of hydrogen-bond donors (Lipinski definition) is 3. The number of phenols is 1. The molecule has 0 radical (unpaired) electrons. The maximum Gasteiger partial charge on any atom is 0.262 e. The zero-order valence-electron chi connectivity index (χ0n) is 14.1. The second kappa shape index (κ2) is 6.32. The van der Waals surface area contributed by atoms with E-state index >= 15 is 0 Å². The fourth-order valence-electron chi connectivity index (χ4n) is 3.16. The van der Waals surface area contributed by atoms with Crippen LogP contribution in [0.3, 0.4) is 0 Å². The lowest BCUT2D eigenvalue weighted by Crippen LogP contribution is -2.40. The van der Waals surface area contributed by atoms with Gasteiger partial charge in [-0.05, 0) is 31.9 Å². The van der Waals surface area contributed by atoms with E-state index in [1.165, 1.54) is 6.07 Å². The molecule has 2 amide bonds. The zero-order chi connectivity index (χ0) is 17.4. The van der Waals surface area contributed by atoms with Crippen molar-refractivity contribution in [2.24, 2.45) is 5.92 Å². The number of benzene rings is 1. The molecular weight excluding hydrogens is 310 g/mol. The third-order valence-corrected chi connectivity index (χ3v) is 4.65. The molecular formula is C17H23N3O4. The van der Waals surface area contributed by atoms with Crippen LogP contribution in [0.5, 0.6) is 11.5 Å². The highest BCUT2D eigenvalue weighted by molar-refractivity contribution is 6.01. The van der Waals surface area contributed by atoms with E-state index in [1.807, 2.05) is 0 Å². The lowest BCUT2D eigenvalue weighted by atomic mass is 10.1. The summed E-state index contributed by atoms with van der Waals surface area (Å²) in [6.45, 7) is 8.05. The number of nitrogens with one attached hydrogen (secondary N) is 2. The number of anilines is 1. The summed E-state index contributed by atoms with van der Waals surface area (Å²) in [4.78, 5) is 26.2. The van der Waals surface area contributed by atoms with Gasteiger partial charge in [0.2, 0.25) is 0 Å². The van der Waals surface area contributed by atoms with Crippen LogP contribution in [0.2, 0.25) is 0 Å². The van der Waals surface area contributed by atoms with Gasteiger partial charge in [0.05, 0.1) is 0 Å². The molecule has 130 valence electrons. The number of nitrogens with zero attached hydrogens (tertiary/aromatic N) is 1. The minimum absolute atomic E-state index is 0.0682. The van der Waals surface area contributed by atoms with Gasteiger partial charge in [-0.25, -0.2) is 0 Å². The Hall–Kier alpha value is -2.28. The Morgan fingerprint density at radius 3 is 2.83 bits per heavy atom. The van der Waals surface area contributed by atoms with Gasteiger partial charge in [0.25, 0.3) is 11.8 Å². The Morgan fingerprint density at radius 1 is 1.42 bits per heavy atom. The molecule has 2 atom stereocenters. The highest BCUT2D eigenvalue weighted by Crippen LogP contribution is 2.37. The summed E-state index contributed by atoms with van der Waals surface area (Å²) in [7, 11) is 0. The van der Waals surface area contributed by atoms with Crippen LogP contribution in [0.15, 0.2) is 12.1 Å². The summed E-state index contributed by atoms with van der Waals surface area (Å²) in [5.41, 5.74) is 0.528. The summed E-state index contributed by atoms with van der Waals surface area (Å²) in [5, 5.41) is 15.6. The molecule has 2 aliphatic heterocycles. The Kier molecular flexibility index (Phi) is 4.36. The van der Waals surface area contributed by atoms with E-state index in [-0.39, 0.29) is 35.9 Å². The molecule has 1 aromatic carbocycles. The zero-order valence-corrected chi connectivity index (χ0v) is 14.1. The highest BCUT2D eigenvalue weighted by atomic mass is 16.5. The SMILES string of the molecule is CC1CN(C(C)C)CC1NC(=O)c1cc(O)c2c(c1)OCC(=O)N2. The maximum atomic E-state index is 12.5. The summed E-state index contributed by atoms with van der Waals surface area (Å²) in [6.07, 6.45) is 0. The molecule has 0 spiro atoms. The Morgan fingerprint density at radius 2 is 2.17 bits per heavy atom. The Balaban J connectivity index is 1.74. The van der Waals surface area contributed by atoms with Gasteiger partial charge in [0, 0.05) is 30.7 Å². The molecule has 0 aromatic heterocycles. The maximum absolute atomic E-state index is 12.5. The van der Waals surface area contributed by atoms with Crippen molar-refractivity contribution >= 4 is 17.5 Å². The number of carbonyl (C=O) groups is 2. The second-order valence-electron chi connectivity index (χ2n) is 6.81. The van der Waals surface area contributed by atoms with Gasteiger partial charge in [-0.2, -0.15) is 0 Å². The van der Waals surface area contributed by atoms with Crippen LogP contribution in [0, 0.1) is 5.92 Å². The molecule has 2 unspecified atom stereocenters. The van der Waals surface area contributed by atoms with Crippen molar-refractivity contribution in [2.75, 3.05) is 25.0 Å². The van der Waals surface area contributed by atoms with Crippen LogP contribution >= 0.6 is 0 Å². The van der Waals surface area contributed by atoms with Crippen LogP contribution in [-0.2, 0) is 4.79 Å². The minimum atomic E-state index is -0.330. The highest BCUT2D eigenvalue weighted by Gasteiger charge is 2.32. The quantitative estimate of drug-likeness (QED) is 0.723. The normalized spacial score (nSPS) is 23.6. The first-order valence-electron chi connectivity index (χ1n) is 8.19. The van der Waals surface area contributed by atoms with E-state index in [4.69, 9.17) is 4.74 Å². The van der Waals surface area contributed by atoms with Crippen molar-refractivity contribution in [1.29, 1.82) is 0 Å². The van der Waals surface area contributed by atoms with Crippen molar-refractivity contribution in [3.63, 3.8) is 0 Å². The predicted octanol–water partition coefficient (Wildman–Crippen LogP) is 1.18. The number of ether oxygens (including phenoxy) is 1. The molecule has 7 heteroatoms. The van der Waals surface area contributed by atoms with E-state index in [0.29, 0.717) is 23.3 Å². The first-order chi connectivity index (χ1) is 11.3. The molecule has 0 bridgehead atoms. The molecule has 24 heavy (non-hydrogen) atoms. The van der Waals surface area contributed by atoms with Crippen molar-refractivity contribution in [3.8, 4) is 11.5 Å². The molecule has 0 aliphatic carbocycles. The first kappa shape index (κ1) is 16.6. The van der Waals surface area contributed by atoms with Gasteiger partial charge in [0.1, 0.15) is 17.2 Å². The number of rotatable bonds is 3. The Bertz CT molecular complexity index is 674. The lowest BCUT2D eigenvalue weighted by Gasteiger charge is -2.21. The van der Waals surface area contributed by atoms with Crippen LogP contribution in [-0.4, -0.2) is 53.6 Å². The van der Waals surface area contributed by atoms with Crippen LogP contribution in [0.1, 0.15) is 31.1 Å². The van der Waals surface area contributed by atoms with E-state index in [1.54, 1.807) is 6.07 Å². The summed E-state index contributed by atoms with van der Waals surface area (Å²) < 4.78 is 5.29. The number of likely N-dealkylation sites (tertiary alicyclic amines) is 1. The lowest BCUT2D eigenvalue weighted by molar-refractivity contribution is -0.118. The summed E-state index contributed by atoms with van der Waals surface area (Å²) >= 11 is 0. The minimum Gasteiger partial charge on any atom is -0.506 e. The van der Waals surface area contributed by atoms with Gasteiger partial charge < -0.3 is 20.5 Å². The van der Waals surface area contributed by atoms with Crippen LogP contribution in [0.25, 0.3) is 0 Å². The van der Waals surface area contributed by atoms with Crippen molar-refractivity contribution in [1.82, 2.24) is 10.2 Å². The number of amides is 2. The van der Waals surface area contributed by atoms with Gasteiger partial charge >= 0.3 is 0 Å². The fourth-order valence-corrected chi connectivity index (χ4v) is 3.16. The smallest absolute Gasteiger partial charge is 0.262 e. The average Bonchev–Trinajstić information content (AvgIpc) is 2.89. The summed E-state index contributed by atoms with van der Waals surface area (Å²) in [5.74, 6) is -0.0882. The van der Waals surface area contributed by atoms with Crippen molar-refractivity contribution in [2.45, 2.75) is 32.9 Å². The van der Waals surface area contributed by atoms with Crippen molar-refractivity contribution < 1.29 is 19.4 Å². The molecule has 2 heterocycles. The number of fused-ring (bicyclic) bond motifs is 1. The fraction of sp³-hybridized carbons (Fsp3) is 0.529. The van der Waals surface area contributed by atoms with E-state index in [0.717, 1.165) is 13.1 Å². The number of phenolic OH excluding ortho intramolecular Hbond substituents is 1. The summed E-state index contributed by atoms with van der Waals surface area (Å²) in [6, 6.07) is 3.41. The monoisotopic (exact) mass is 333 g/mol. The second-order valence-corrected chi connectivity index (χ2v) is 6.81. The van der Waals surface area contributed by atoms with E-state index in [2.05, 4.69) is 36.3 Å². The largest absolute Gasteiger partial charge is 0.506 e. The molecule has 1 aromatic rings. The number of aromatic hydroxyl groups is 1. The van der Waals surface area contributed by atoms with E-state index < -0.39 is 0 Å². The molecule has 3 rings (SSSR count). The van der Waals surface area contributed by atoms with Gasteiger partial charge in [-0.3, -0.25) is 14.5 Å². The molecule has 2 aliphatic rings. The molecule has 0 saturated carbocycles. The topological polar surface area (TPSA) is 90.9 Å². The predicted molar refractivity (Wildman–Crippen MR) is 89.4 cm³/mol. The molecule has 7 nitrogen and oxygen atoms in total. The van der Waals surface area contributed by atoms with Crippen molar-refractivity contribution in [3.05, 3.63) is 17.7 Å². The van der Waals surface area contributed by atoms with E-state index in [9.17, 15) is 14.7 Å². The average molecular weight is 333 g/mol.